The SMILES string of the molecule is COc1c(C(=O)OCc2ccccc2)ccc(I)c1C1CC1. The summed E-state index contributed by atoms with van der Waals surface area (Å²) in [5.41, 5.74) is 2.64. The number of carbonyl (C=O) groups excluding carboxylic acids is 1. The van der Waals surface area contributed by atoms with Crippen molar-refractivity contribution in [3.05, 3.63) is 62.7 Å². The number of halogens is 1. The fourth-order valence-corrected chi connectivity index (χ4v) is 3.37. The van der Waals surface area contributed by atoms with Crippen LogP contribution in [0.4, 0.5) is 0 Å². The lowest BCUT2D eigenvalue weighted by molar-refractivity contribution is 0.0469. The largest absolute Gasteiger partial charge is 0.496 e. The Morgan fingerprint density at radius 1 is 1.18 bits per heavy atom. The summed E-state index contributed by atoms with van der Waals surface area (Å²) in [5, 5.41) is 0. The molecule has 0 N–H and O–H groups in total. The lowest BCUT2D eigenvalue weighted by Crippen LogP contribution is -2.09. The molecule has 114 valence electrons. The van der Waals surface area contributed by atoms with E-state index in [2.05, 4.69) is 22.6 Å². The number of hydrogen-bond donors (Lipinski definition) is 0. The van der Waals surface area contributed by atoms with Gasteiger partial charge in [0, 0.05) is 9.13 Å². The second-order valence-electron chi connectivity index (χ2n) is 5.38. The van der Waals surface area contributed by atoms with Crippen molar-refractivity contribution in [1.82, 2.24) is 0 Å². The van der Waals surface area contributed by atoms with Crippen molar-refractivity contribution in [1.29, 1.82) is 0 Å². The van der Waals surface area contributed by atoms with E-state index in [4.69, 9.17) is 9.47 Å². The van der Waals surface area contributed by atoms with Gasteiger partial charge in [0.15, 0.2) is 0 Å². The summed E-state index contributed by atoms with van der Waals surface area (Å²) in [5.74, 6) is 0.857. The van der Waals surface area contributed by atoms with Crippen molar-refractivity contribution in [3.63, 3.8) is 0 Å². The van der Waals surface area contributed by atoms with E-state index in [1.54, 1.807) is 13.2 Å². The summed E-state index contributed by atoms with van der Waals surface area (Å²) >= 11 is 2.30. The van der Waals surface area contributed by atoms with Crippen molar-refractivity contribution in [2.75, 3.05) is 7.11 Å². The summed E-state index contributed by atoms with van der Waals surface area (Å²) < 4.78 is 12.1. The van der Waals surface area contributed by atoms with E-state index < -0.39 is 0 Å². The van der Waals surface area contributed by atoms with Gasteiger partial charge in [0.2, 0.25) is 0 Å². The maximum Gasteiger partial charge on any atom is 0.342 e. The summed E-state index contributed by atoms with van der Waals surface area (Å²) in [6.07, 6.45) is 2.32. The summed E-state index contributed by atoms with van der Waals surface area (Å²) in [6.45, 7) is 0.271. The second kappa shape index (κ2) is 6.69. The molecule has 0 heterocycles. The molecule has 0 saturated heterocycles. The molecule has 0 aliphatic heterocycles. The number of rotatable bonds is 5. The van der Waals surface area contributed by atoms with Gasteiger partial charge in [0.25, 0.3) is 0 Å². The van der Waals surface area contributed by atoms with Crippen LogP contribution in [0, 0.1) is 3.57 Å². The molecule has 0 atom stereocenters. The van der Waals surface area contributed by atoms with Crippen LogP contribution in [0.5, 0.6) is 5.75 Å². The molecule has 3 rings (SSSR count). The normalized spacial score (nSPS) is 13.7. The standard InChI is InChI=1S/C18H17IO3/c1-21-17-14(9-10-15(19)16(17)13-7-8-13)18(20)22-11-12-5-3-2-4-6-12/h2-6,9-10,13H,7-8,11H2,1H3. The molecule has 0 aromatic heterocycles. The molecule has 0 amide bonds. The van der Waals surface area contributed by atoms with Crippen LogP contribution in [0.15, 0.2) is 42.5 Å². The van der Waals surface area contributed by atoms with Crippen LogP contribution < -0.4 is 4.74 Å². The molecule has 2 aromatic carbocycles. The van der Waals surface area contributed by atoms with Crippen LogP contribution in [0.25, 0.3) is 0 Å². The van der Waals surface area contributed by atoms with Crippen molar-refractivity contribution < 1.29 is 14.3 Å². The first-order valence-corrected chi connectivity index (χ1v) is 8.36. The Labute approximate surface area is 143 Å². The van der Waals surface area contributed by atoms with Crippen LogP contribution in [0.1, 0.15) is 40.2 Å². The van der Waals surface area contributed by atoms with Gasteiger partial charge in [0.05, 0.1) is 7.11 Å². The van der Waals surface area contributed by atoms with Crippen LogP contribution in [0.3, 0.4) is 0 Å². The Hall–Kier alpha value is -1.56. The minimum absolute atomic E-state index is 0.271. The van der Waals surface area contributed by atoms with Gasteiger partial charge in [-0.05, 0) is 59.0 Å². The molecule has 1 aliphatic carbocycles. The average molecular weight is 408 g/mol. The van der Waals surface area contributed by atoms with E-state index in [1.807, 2.05) is 36.4 Å². The minimum Gasteiger partial charge on any atom is -0.496 e. The highest BCUT2D eigenvalue weighted by Gasteiger charge is 2.31. The van der Waals surface area contributed by atoms with E-state index >= 15 is 0 Å². The molecular formula is C18H17IO3. The van der Waals surface area contributed by atoms with Gasteiger partial charge in [-0.25, -0.2) is 4.79 Å². The van der Waals surface area contributed by atoms with Crippen molar-refractivity contribution in [2.24, 2.45) is 0 Å². The highest BCUT2D eigenvalue weighted by molar-refractivity contribution is 14.1. The zero-order valence-electron chi connectivity index (χ0n) is 12.3. The molecule has 1 fully saturated rings. The molecule has 22 heavy (non-hydrogen) atoms. The first-order valence-electron chi connectivity index (χ1n) is 7.28. The third kappa shape index (κ3) is 3.27. The van der Waals surface area contributed by atoms with E-state index in [9.17, 15) is 4.79 Å². The highest BCUT2D eigenvalue weighted by Crippen LogP contribution is 2.47. The Kier molecular flexibility index (Phi) is 4.66. The summed E-state index contributed by atoms with van der Waals surface area (Å²) in [6, 6.07) is 13.4. The molecule has 1 aliphatic rings. The predicted octanol–water partition coefficient (Wildman–Crippen LogP) is 4.53. The van der Waals surface area contributed by atoms with E-state index in [1.165, 1.54) is 0 Å². The van der Waals surface area contributed by atoms with Gasteiger partial charge in [-0.3, -0.25) is 0 Å². The smallest absolute Gasteiger partial charge is 0.342 e. The lowest BCUT2D eigenvalue weighted by Gasteiger charge is -2.14. The molecule has 1 saturated carbocycles. The third-order valence-electron chi connectivity index (χ3n) is 3.77. The van der Waals surface area contributed by atoms with Gasteiger partial charge >= 0.3 is 5.97 Å². The number of carbonyl (C=O) groups is 1. The molecule has 0 spiro atoms. The van der Waals surface area contributed by atoms with Crippen LogP contribution in [-0.2, 0) is 11.3 Å². The molecule has 0 unspecified atom stereocenters. The third-order valence-corrected chi connectivity index (χ3v) is 4.71. The van der Waals surface area contributed by atoms with Crippen LogP contribution >= 0.6 is 22.6 Å². The molecule has 4 heteroatoms. The number of esters is 1. The van der Waals surface area contributed by atoms with Crippen molar-refractivity contribution >= 4 is 28.6 Å². The number of ether oxygens (including phenoxy) is 2. The first-order chi connectivity index (χ1) is 10.7. The molecule has 3 nitrogen and oxygen atoms in total. The first kappa shape index (κ1) is 15.3. The molecule has 0 radical (unpaired) electrons. The van der Waals surface area contributed by atoms with Crippen molar-refractivity contribution in [3.8, 4) is 5.75 Å². The quantitative estimate of drug-likeness (QED) is 0.539. The van der Waals surface area contributed by atoms with Gasteiger partial charge in [-0.2, -0.15) is 0 Å². The fraction of sp³-hybridized carbons (Fsp3) is 0.278. The minimum atomic E-state index is -0.334. The molecule has 2 aromatic rings. The lowest BCUT2D eigenvalue weighted by atomic mass is 10.0. The Morgan fingerprint density at radius 2 is 1.91 bits per heavy atom. The highest BCUT2D eigenvalue weighted by atomic mass is 127. The van der Waals surface area contributed by atoms with Crippen LogP contribution in [0.2, 0.25) is 0 Å². The van der Waals surface area contributed by atoms with Crippen LogP contribution in [-0.4, -0.2) is 13.1 Å². The molecular weight excluding hydrogens is 391 g/mol. The number of methoxy groups -OCH3 is 1. The predicted molar refractivity (Wildman–Crippen MR) is 93.2 cm³/mol. The fourth-order valence-electron chi connectivity index (χ4n) is 2.51. The summed E-state index contributed by atoms with van der Waals surface area (Å²) in [7, 11) is 1.62. The van der Waals surface area contributed by atoms with E-state index in [-0.39, 0.29) is 12.6 Å². The zero-order valence-corrected chi connectivity index (χ0v) is 14.5. The van der Waals surface area contributed by atoms with Gasteiger partial charge in [0.1, 0.15) is 17.9 Å². The molecule has 0 bridgehead atoms. The number of hydrogen-bond acceptors (Lipinski definition) is 3. The zero-order chi connectivity index (χ0) is 15.5. The Bertz CT molecular complexity index is 678. The van der Waals surface area contributed by atoms with Gasteiger partial charge < -0.3 is 9.47 Å². The van der Waals surface area contributed by atoms with Crippen molar-refractivity contribution in [2.45, 2.75) is 25.4 Å². The summed E-state index contributed by atoms with van der Waals surface area (Å²) in [4.78, 5) is 12.4. The second-order valence-corrected chi connectivity index (χ2v) is 6.54. The number of benzene rings is 2. The monoisotopic (exact) mass is 408 g/mol. The maximum absolute atomic E-state index is 12.4. The topological polar surface area (TPSA) is 35.5 Å². The van der Waals surface area contributed by atoms with Gasteiger partial charge in [-0.1, -0.05) is 30.3 Å². The average Bonchev–Trinajstić information content (AvgIpc) is 3.37. The maximum atomic E-state index is 12.4. The van der Waals surface area contributed by atoms with Gasteiger partial charge in [-0.15, -0.1) is 0 Å². The van der Waals surface area contributed by atoms with E-state index in [0.29, 0.717) is 17.2 Å². The van der Waals surface area contributed by atoms with E-state index in [0.717, 1.165) is 27.5 Å². The Morgan fingerprint density at radius 3 is 2.55 bits per heavy atom. The Balaban J connectivity index is 1.81.